The topological polar surface area (TPSA) is 66.6 Å². The van der Waals surface area contributed by atoms with Crippen LogP contribution in [0.2, 0.25) is 0 Å². The zero-order valence-corrected chi connectivity index (χ0v) is 12.6. The maximum atomic E-state index is 12.5. The van der Waals surface area contributed by atoms with Crippen molar-refractivity contribution in [2.75, 3.05) is 33.2 Å². The van der Waals surface area contributed by atoms with Gasteiger partial charge in [-0.3, -0.25) is 9.59 Å². The highest BCUT2D eigenvalue weighted by Gasteiger charge is 2.30. The lowest BCUT2D eigenvalue weighted by Gasteiger charge is -2.29. The van der Waals surface area contributed by atoms with Crippen molar-refractivity contribution >= 4 is 11.8 Å². The summed E-state index contributed by atoms with van der Waals surface area (Å²) in [6.45, 7) is 8.20. The minimum Gasteiger partial charge on any atom is -0.344 e. The number of hydrogen-bond acceptors (Lipinski definition) is 3. The molecule has 1 heterocycles. The predicted molar refractivity (Wildman–Crippen MR) is 75.5 cm³/mol. The third-order valence-electron chi connectivity index (χ3n) is 3.48. The molecule has 1 saturated heterocycles. The molecule has 5 nitrogen and oxygen atoms in total. The van der Waals surface area contributed by atoms with Gasteiger partial charge in [-0.15, -0.1) is 0 Å². The molecular formula is C14H27N3O2. The van der Waals surface area contributed by atoms with E-state index in [1.807, 2.05) is 0 Å². The van der Waals surface area contributed by atoms with Crippen molar-refractivity contribution in [3.63, 3.8) is 0 Å². The third kappa shape index (κ3) is 4.82. The third-order valence-corrected chi connectivity index (χ3v) is 3.48. The molecule has 1 atom stereocenters. The van der Waals surface area contributed by atoms with Crippen LogP contribution in [0.3, 0.4) is 0 Å². The van der Waals surface area contributed by atoms with Gasteiger partial charge in [0, 0.05) is 26.7 Å². The second-order valence-corrected chi connectivity index (χ2v) is 6.63. The van der Waals surface area contributed by atoms with Crippen molar-refractivity contribution < 1.29 is 9.59 Å². The Labute approximate surface area is 116 Å². The highest BCUT2D eigenvalue weighted by molar-refractivity contribution is 5.86. The van der Waals surface area contributed by atoms with Gasteiger partial charge < -0.3 is 15.5 Å². The maximum Gasteiger partial charge on any atom is 0.241 e. The Balaban J connectivity index is 2.71. The Kier molecular flexibility index (Phi) is 5.35. The first-order chi connectivity index (χ1) is 8.74. The van der Waals surface area contributed by atoms with Crippen LogP contribution < -0.4 is 5.73 Å². The summed E-state index contributed by atoms with van der Waals surface area (Å²) in [5.74, 6) is -0.144. The van der Waals surface area contributed by atoms with Crippen LogP contribution in [0.15, 0.2) is 0 Å². The number of rotatable bonds is 3. The van der Waals surface area contributed by atoms with Crippen LogP contribution in [0, 0.1) is 11.3 Å². The van der Waals surface area contributed by atoms with Gasteiger partial charge in [0.15, 0.2) is 0 Å². The van der Waals surface area contributed by atoms with Gasteiger partial charge in [0.05, 0.1) is 12.5 Å². The van der Waals surface area contributed by atoms with Crippen molar-refractivity contribution in [3.05, 3.63) is 0 Å². The summed E-state index contributed by atoms with van der Waals surface area (Å²) in [7, 11) is 1.78. The first kappa shape index (κ1) is 16.0. The number of carbonyl (C=O) groups excluding carboxylic acids is 2. The lowest BCUT2D eigenvalue weighted by molar-refractivity contribution is -0.141. The monoisotopic (exact) mass is 269 g/mol. The van der Waals surface area contributed by atoms with Gasteiger partial charge >= 0.3 is 0 Å². The number of likely N-dealkylation sites (N-methyl/N-ethyl adjacent to an activating group) is 1. The first-order valence-electron chi connectivity index (χ1n) is 6.97. The van der Waals surface area contributed by atoms with Gasteiger partial charge in [-0.25, -0.2) is 0 Å². The summed E-state index contributed by atoms with van der Waals surface area (Å²) >= 11 is 0. The Morgan fingerprint density at radius 1 is 1.37 bits per heavy atom. The van der Waals surface area contributed by atoms with Gasteiger partial charge in [-0.1, -0.05) is 20.8 Å². The van der Waals surface area contributed by atoms with Crippen LogP contribution in [0.1, 0.15) is 33.6 Å². The Hall–Kier alpha value is -1.10. The molecule has 1 fully saturated rings. The minimum atomic E-state index is -0.184. The van der Waals surface area contributed by atoms with Gasteiger partial charge in [0.1, 0.15) is 0 Å². The summed E-state index contributed by atoms with van der Waals surface area (Å²) in [5, 5.41) is 0. The summed E-state index contributed by atoms with van der Waals surface area (Å²) in [5.41, 5.74) is 5.81. The molecule has 0 aliphatic carbocycles. The highest BCUT2D eigenvalue weighted by Crippen LogP contribution is 2.25. The fourth-order valence-corrected chi connectivity index (χ4v) is 2.44. The van der Waals surface area contributed by atoms with Gasteiger partial charge in [0.25, 0.3) is 0 Å². The summed E-state index contributed by atoms with van der Waals surface area (Å²) in [6, 6.07) is 0. The minimum absolute atomic E-state index is 0.0115. The Bertz CT molecular complexity index is 336. The van der Waals surface area contributed by atoms with Gasteiger partial charge in [0.2, 0.25) is 11.8 Å². The molecule has 19 heavy (non-hydrogen) atoms. The van der Waals surface area contributed by atoms with Gasteiger partial charge in [-0.05, 0) is 18.3 Å². The number of nitrogens with zero attached hydrogens (tertiary/aromatic N) is 2. The lowest BCUT2D eigenvalue weighted by Crippen LogP contribution is -2.43. The zero-order chi connectivity index (χ0) is 14.6. The molecule has 0 aromatic carbocycles. The summed E-state index contributed by atoms with van der Waals surface area (Å²) in [4.78, 5) is 27.7. The zero-order valence-electron chi connectivity index (χ0n) is 12.6. The first-order valence-corrected chi connectivity index (χ1v) is 6.97. The molecule has 1 rings (SSSR count). The van der Waals surface area contributed by atoms with Crippen LogP contribution in [0.4, 0.5) is 0 Å². The van der Waals surface area contributed by atoms with Crippen molar-refractivity contribution in [1.82, 2.24) is 9.80 Å². The van der Waals surface area contributed by atoms with E-state index in [1.54, 1.807) is 16.8 Å². The molecule has 0 spiro atoms. The Morgan fingerprint density at radius 3 is 2.53 bits per heavy atom. The van der Waals surface area contributed by atoms with E-state index in [9.17, 15) is 9.59 Å². The molecule has 5 heteroatoms. The van der Waals surface area contributed by atoms with E-state index in [1.165, 1.54) is 0 Å². The van der Waals surface area contributed by atoms with Crippen LogP contribution >= 0.6 is 0 Å². The highest BCUT2D eigenvalue weighted by atomic mass is 16.2. The Morgan fingerprint density at radius 2 is 2.00 bits per heavy atom. The van der Waals surface area contributed by atoms with E-state index < -0.39 is 0 Å². The standard InChI is InChI=1S/C14H27N3O2/c1-14(2,3)8-11(9-15)13(19)17-7-5-6-16(4)12(18)10-17/h11H,5-10,15H2,1-4H3. The van der Waals surface area contributed by atoms with Crippen LogP contribution in [0.25, 0.3) is 0 Å². The van der Waals surface area contributed by atoms with Crippen molar-refractivity contribution in [1.29, 1.82) is 0 Å². The smallest absolute Gasteiger partial charge is 0.241 e. The quantitative estimate of drug-likeness (QED) is 0.819. The molecule has 0 radical (unpaired) electrons. The largest absolute Gasteiger partial charge is 0.344 e. The molecule has 0 bridgehead atoms. The number of carbonyl (C=O) groups is 2. The normalized spacial score (nSPS) is 19.3. The van der Waals surface area contributed by atoms with E-state index in [0.29, 0.717) is 13.1 Å². The molecular weight excluding hydrogens is 242 g/mol. The maximum absolute atomic E-state index is 12.5. The van der Waals surface area contributed by atoms with Crippen LogP contribution in [-0.4, -0.2) is 54.8 Å². The molecule has 110 valence electrons. The molecule has 0 aromatic heterocycles. The fraction of sp³-hybridized carbons (Fsp3) is 0.857. The molecule has 2 N–H and O–H groups in total. The molecule has 1 unspecified atom stereocenters. The number of hydrogen-bond donors (Lipinski definition) is 1. The average Bonchev–Trinajstić information content (AvgIpc) is 2.47. The van der Waals surface area contributed by atoms with Gasteiger partial charge in [-0.2, -0.15) is 0 Å². The number of amides is 2. The summed E-state index contributed by atoms with van der Waals surface area (Å²) in [6.07, 6.45) is 1.59. The van der Waals surface area contributed by atoms with Crippen molar-refractivity contribution in [3.8, 4) is 0 Å². The van der Waals surface area contributed by atoms with Crippen LogP contribution in [0.5, 0.6) is 0 Å². The van der Waals surface area contributed by atoms with E-state index >= 15 is 0 Å². The van der Waals surface area contributed by atoms with E-state index in [4.69, 9.17) is 5.73 Å². The SMILES string of the molecule is CN1CCCN(C(=O)C(CN)CC(C)(C)C)CC1=O. The second-order valence-electron chi connectivity index (χ2n) is 6.63. The van der Waals surface area contributed by atoms with E-state index in [2.05, 4.69) is 20.8 Å². The lowest BCUT2D eigenvalue weighted by atomic mass is 9.84. The van der Waals surface area contributed by atoms with Crippen LogP contribution in [-0.2, 0) is 9.59 Å². The van der Waals surface area contributed by atoms with Crippen molar-refractivity contribution in [2.45, 2.75) is 33.6 Å². The average molecular weight is 269 g/mol. The molecule has 0 saturated carbocycles. The van der Waals surface area contributed by atoms with Crippen molar-refractivity contribution in [2.24, 2.45) is 17.1 Å². The number of nitrogens with two attached hydrogens (primary N) is 1. The fourth-order valence-electron chi connectivity index (χ4n) is 2.44. The summed E-state index contributed by atoms with van der Waals surface area (Å²) < 4.78 is 0. The molecule has 1 aliphatic rings. The predicted octanol–water partition coefficient (Wildman–Crippen LogP) is 0.688. The molecule has 0 aromatic rings. The second kappa shape index (κ2) is 6.37. The van der Waals surface area contributed by atoms with E-state index in [-0.39, 0.29) is 29.7 Å². The molecule has 1 aliphatic heterocycles. The van der Waals surface area contributed by atoms with E-state index in [0.717, 1.165) is 19.4 Å². The molecule has 2 amide bonds.